The Hall–Kier alpha value is -2.72. The van der Waals surface area contributed by atoms with Crippen LogP contribution in [0.2, 0.25) is 0 Å². The van der Waals surface area contributed by atoms with Crippen LogP contribution in [0.25, 0.3) is 0 Å². The van der Waals surface area contributed by atoms with Crippen molar-refractivity contribution in [1.29, 1.82) is 0 Å². The molecular formula is C19H28N6O3S. The third kappa shape index (κ3) is 6.13. The number of nitrogens with two attached hydrogens (primary N) is 1. The Labute approximate surface area is 176 Å². The van der Waals surface area contributed by atoms with Gasteiger partial charge in [-0.25, -0.2) is 4.98 Å². The van der Waals surface area contributed by atoms with Gasteiger partial charge in [0.2, 0.25) is 5.95 Å². The first-order valence-electron chi connectivity index (χ1n) is 9.43. The number of nitrogens with zero attached hydrogens (tertiary/aromatic N) is 2. The van der Waals surface area contributed by atoms with Crippen LogP contribution in [0.1, 0.15) is 36.5 Å². The molecule has 1 aromatic carbocycles. The Morgan fingerprint density at radius 1 is 1.41 bits per heavy atom. The molecule has 1 aliphatic rings. The lowest BCUT2D eigenvalue weighted by molar-refractivity contribution is 0.100. The van der Waals surface area contributed by atoms with Crippen LogP contribution in [0.4, 0.5) is 23.1 Å². The summed E-state index contributed by atoms with van der Waals surface area (Å²) < 4.78 is 5.56. The molecule has 0 bridgehead atoms. The smallest absolute Gasteiger partial charge is 0.254 e. The minimum atomic E-state index is -0.575. The van der Waals surface area contributed by atoms with Crippen molar-refractivity contribution >= 4 is 42.5 Å². The molecule has 158 valence electrons. The second-order valence-corrected chi connectivity index (χ2v) is 6.64. The van der Waals surface area contributed by atoms with Crippen LogP contribution in [0, 0.1) is 0 Å². The summed E-state index contributed by atoms with van der Waals surface area (Å²) in [5.41, 5.74) is 7.20. The van der Waals surface area contributed by atoms with Crippen LogP contribution in [-0.4, -0.2) is 46.8 Å². The molecule has 0 spiro atoms. The SMILES string of the molecule is CCCCCNc1nc(Nc2ccc3c(c2)NC[C@H](O)CO3)ncc1C(N)=O.S. The maximum Gasteiger partial charge on any atom is 0.254 e. The minimum Gasteiger partial charge on any atom is -0.489 e. The van der Waals surface area contributed by atoms with Gasteiger partial charge in [-0.3, -0.25) is 4.79 Å². The maximum absolute atomic E-state index is 11.6. The molecule has 6 N–H and O–H groups in total. The Morgan fingerprint density at radius 3 is 3.00 bits per heavy atom. The molecule has 3 rings (SSSR count). The van der Waals surface area contributed by atoms with E-state index in [0.717, 1.165) is 30.6 Å². The summed E-state index contributed by atoms with van der Waals surface area (Å²) in [5.74, 6) is 0.859. The van der Waals surface area contributed by atoms with E-state index in [1.807, 2.05) is 18.2 Å². The van der Waals surface area contributed by atoms with E-state index in [-0.39, 0.29) is 25.7 Å². The summed E-state index contributed by atoms with van der Waals surface area (Å²) in [6, 6.07) is 5.50. The largest absolute Gasteiger partial charge is 0.489 e. The van der Waals surface area contributed by atoms with E-state index in [1.165, 1.54) is 6.20 Å². The number of carbonyl (C=O) groups is 1. The number of fused-ring (bicyclic) bond motifs is 1. The van der Waals surface area contributed by atoms with Crippen LogP contribution < -0.4 is 26.4 Å². The number of rotatable bonds is 8. The van der Waals surface area contributed by atoms with Crippen molar-refractivity contribution in [2.24, 2.45) is 5.73 Å². The summed E-state index contributed by atoms with van der Waals surface area (Å²) >= 11 is 0. The van der Waals surface area contributed by atoms with Gasteiger partial charge in [0.1, 0.15) is 24.3 Å². The molecule has 0 radical (unpaired) electrons. The lowest BCUT2D eigenvalue weighted by atomic mass is 10.2. The van der Waals surface area contributed by atoms with Crippen molar-refractivity contribution in [3.63, 3.8) is 0 Å². The van der Waals surface area contributed by atoms with Gasteiger partial charge in [0.05, 0.1) is 11.3 Å². The lowest BCUT2D eigenvalue weighted by Crippen LogP contribution is -2.23. The number of aliphatic hydroxyl groups excluding tert-OH is 1. The van der Waals surface area contributed by atoms with E-state index in [9.17, 15) is 9.90 Å². The number of hydrogen-bond donors (Lipinski definition) is 5. The summed E-state index contributed by atoms with van der Waals surface area (Å²) in [5, 5.41) is 19.1. The number of β-amino-alcohol motifs (C(OH)–C–C–N with tert-alkyl or cyclic N) is 1. The molecule has 0 saturated carbocycles. The third-order valence-electron chi connectivity index (χ3n) is 4.32. The number of unbranched alkanes of at least 4 members (excludes halogenated alkanes) is 2. The zero-order valence-electron chi connectivity index (χ0n) is 16.4. The first-order valence-corrected chi connectivity index (χ1v) is 9.43. The third-order valence-corrected chi connectivity index (χ3v) is 4.32. The van der Waals surface area contributed by atoms with Crippen molar-refractivity contribution in [3.8, 4) is 5.75 Å². The maximum atomic E-state index is 11.6. The predicted octanol–water partition coefficient (Wildman–Crippen LogP) is 2.20. The fourth-order valence-corrected chi connectivity index (χ4v) is 2.81. The van der Waals surface area contributed by atoms with Gasteiger partial charge in [-0.05, 0) is 24.6 Å². The van der Waals surface area contributed by atoms with Gasteiger partial charge < -0.3 is 31.5 Å². The van der Waals surface area contributed by atoms with Crippen LogP contribution in [0.3, 0.4) is 0 Å². The number of amides is 1. The van der Waals surface area contributed by atoms with Gasteiger partial charge in [0, 0.05) is 25.0 Å². The fraction of sp³-hybridized carbons (Fsp3) is 0.421. The summed E-state index contributed by atoms with van der Waals surface area (Å²) in [7, 11) is 0. The second kappa shape index (κ2) is 10.7. The normalized spacial score (nSPS) is 15.0. The number of aliphatic hydroxyl groups is 1. The molecule has 1 amide bonds. The average molecular weight is 421 g/mol. The van der Waals surface area contributed by atoms with Crippen molar-refractivity contribution < 1.29 is 14.6 Å². The predicted molar refractivity (Wildman–Crippen MR) is 119 cm³/mol. The molecule has 10 heteroatoms. The van der Waals surface area contributed by atoms with Crippen molar-refractivity contribution in [3.05, 3.63) is 30.0 Å². The number of carbonyl (C=O) groups excluding carboxylic acids is 1. The Kier molecular flexibility index (Phi) is 8.34. The van der Waals surface area contributed by atoms with E-state index >= 15 is 0 Å². The fourth-order valence-electron chi connectivity index (χ4n) is 2.81. The van der Waals surface area contributed by atoms with Gasteiger partial charge in [0.15, 0.2) is 0 Å². The zero-order valence-corrected chi connectivity index (χ0v) is 17.4. The summed E-state index contributed by atoms with van der Waals surface area (Å²) in [6.45, 7) is 3.49. The quantitative estimate of drug-likeness (QED) is 0.410. The molecule has 1 aromatic heterocycles. The highest BCUT2D eigenvalue weighted by atomic mass is 32.1. The number of nitrogens with one attached hydrogen (secondary N) is 3. The molecule has 9 nitrogen and oxygen atoms in total. The van der Waals surface area contributed by atoms with Crippen molar-refractivity contribution in [1.82, 2.24) is 9.97 Å². The molecule has 0 aliphatic carbocycles. The Balaban J connectivity index is 0.00000300. The van der Waals surface area contributed by atoms with Crippen molar-refractivity contribution in [2.75, 3.05) is 35.6 Å². The summed E-state index contributed by atoms with van der Waals surface area (Å²) in [6.07, 6.45) is 4.03. The zero-order chi connectivity index (χ0) is 19.9. The van der Waals surface area contributed by atoms with Crippen molar-refractivity contribution in [2.45, 2.75) is 32.3 Å². The monoisotopic (exact) mass is 420 g/mol. The number of anilines is 4. The van der Waals surface area contributed by atoms with Crippen LogP contribution in [-0.2, 0) is 0 Å². The molecule has 1 aliphatic heterocycles. The molecule has 2 aromatic rings. The number of ether oxygens (including phenoxy) is 1. The highest BCUT2D eigenvalue weighted by molar-refractivity contribution is 7.59. The van der Waals surface area contributed by atoms with Gasteiger partial charge >= 0.3 is 0 Å². The van der Waals surface area contributed by atoms with Gasteiger partial charge in [0.25, 0.3) is 5.91 Å². The topological polar surface area (TPSA) is 134 Å². The number of aromatic nitrogens is 2. The number of hydrogen-bond acceptors (Lipinski definition) is 8. The van der Waals surface area contributed by atoms with E-state index in [4.69, 9.17) is 10.5 Å². The molecule has 0 fully saturated rings. The standard InChI is InChI=1S/C19H26N6O3.H2S/c1-2-3-4-7-21-18-14(17(20)27)10-23-19(25-18)24-12-5-6-16-15(8-12)22-9-13(26)11-28-16;/h5-6,8,10,13,22,26H,2-4,7,9,11H2,1H3,(H2,20,27)(H2,21,23,24,25);1H2/t13-;/m0./s1. The molecule has 29 heavy (non-hydrogen) atoms. The lowest BCUT2D eigenvalue weighted by Gasteiger charge is -2.13. The first kappa shape index (κ1) is 22.6. The van der Waals surface area contributed by atoms with Gasteiger partial charge in [-0.2, -0.15) is 18.5 Å². The van der Waals surface area contributed by atoms with E-state index < -0.39 is 12.0 Å². The minimum absolute atomic E-state index is 0. The molecule has 1 atom stereocenters. The average Bonchev–Trinajstić information content (AvgIpc) is 2.87. The Bertz CT molecular complexity index is 836. The molecule has 2 heterocycles. The van der Waals surface area contributed by atoms with Crippen LogP contribution in [0.15, 0.2) is 24.4 Å². The molecule has 0 saturated heterocycles. The van der Waals surface area contributed by atoms with Crippen LogP contribution in [0.5, 0.6) is 5.75 Å². The molecular weight excluding hydrogens is 392 g/mol. The summed E-state index contributed by atoms with van der Waals surface area (Å²) in [4.78, 5) is 20.2. The highest BCUT2D eigenvalue weighted by Gasteiger charge is 2.16. The Morgan fingerprint density at radius 2 is 2.24 bits per heavy atom. The number of benzene rings is 1. The van der Waals surface area contributed by atoms with Crippen LogP contribution >= 0.6 is 13.5 Å². The molecule has 0 unspecified atom stereocenters. The highest BCUT2D eigenvalue weighted by Crippen LogP contribution is 2.30. The first-order chi connectivity index (χ1) is 13.6. The van der Waals surface area contributed by atoms with E-state index in [2.05, 4.69) is 32.8 Å². The second-order valence-electron chi connectivity index (χ2n) is 6.64. The number of primary amides is 1. The van der Waals surface area contributed by atoms with Gasteiger partial charge in [-0.15, -0.1) is 0 Å². The van der Waals surface area contributed by atoms with Gasteiger partial charge in [-0.1, -0.05) is 19.8 Å². The van der Waals surface area contributed by atoms with E-state index in [0.29, 0.717) is 30.6 Å². The van der Waals surface area contributed by atoms with E-state index in [1.54, 1.807) is 0 Å².